The van der Waals surface area contributed by atoms with E-state index in [-0.39, 0.29) is 17.0 Å². The van der Waals surface area contributed by atoms with Gasteiger partial charge in [-0.15, -0.1) is 0 Å². The van der Waals surface area contributed by atoms with E-state index in [4.69, 9.17) is 11.6 Å². The van der Waals surface area contributed by atoms with Gasteiger partial charge in [0.1, 0.15) is 5.82 Å². The van der Waals surface area contributed by atoms with Gasteiger partial charge in [-0.25, -0.2) is 12.8 Å². The average molecular weight is 437 g/mol. The molecule has 0 spiro atoms. The maximum atomic E-state index is 14.3. The highest BCUT2D eigenvalue weighted by Crippen LogP contribution is 2.28. The van der Waals surface area contributed by atoms with E-state index in [9.17, 15) is 17.6 Å². The molecule has 0 aromatic heterocycles. The van der Waals surface area contributed by atoms with E-state index in [1.54, 1.807) is 25.1 Å². The molecule has 0 bridgehead atoms. The lowest BCUT2D eigenvalue weighted by molar-refractivity contribution is 0.102. The Morgan fingerprint density at radius 1 is 1.21 bits per heavy atom. The van der Waals surface area contributed by atoms with E-state index in [2.05, 4.69) is 5.32 Å². The van der Waals surface area contributed by atoms with Crippen LogP contribution in [0.5, 0.6) is 0 Å². The van der Waals surface area contributed by atoms with Gasteiger partial charge in [0, 0.05) is 23.0 Å². The second-order valence-electron chi connectivity index (χ2n) is 6.72. The van der Waals surface area contributed by atoms with Crippen LogP contribution in [0.2, 0.25) is 5.02 Å². The van der Waals surface area contributed by atoms with Crippen molar-refractivity contribution in [3.05, 3.63) is 70.6 Å². The summed E-state index contributed by atoms with van der Waals surface area (Å²) in [5.74, 6) is -1.55. The van der Waals surface area contributed by atoms with Crippen molar-refractivity contribution in [2.75, 3.05) is 11.9 Å². The number of hydrogen-bond acceptors (Lipinski definition) is 3. The van der Waals surface area contributed by atoms with E-state index in [0.29, 0.717) is 17.1 Å². The van der Waals surface area contributed by atoms with Crippen molar-refractivity contribution < 1.29 is 17.6 Å². The topological polar surface area (TPSA) is 66.5 Å². The molecule has 0 atom stereocenters. The first-order chi connectivity index (χ1) is 13.8. The Morgan fingerprint density at radius 3 is 2.66 bits per heavy atom. The molecule has 0 heterocycles. The third kappa shape index (κ3) is 4.79. The van der Waals surface area contributed by atoms with Crippen LogP contribution in [-0.2, 0) is 10.0 Å². The molecular weight excluding hydrogens is 415 g/mol. The van der Waals surface area contributed by atoms with Gasteiger partial charge in [-0.2, -0.15) is 0 Å². The van der Waals surface area contributed by atoms with E-state index in [0.717, 1.165) is 37.1 Å². The summed E-state index contributed by atoms with van der Waals surface area (Å²) in [6, 6.07) is 9.69. The molecule has 0 unspecified atom stereocenters. The first-order valence-electron chi connectivity index (χ1n) is 9.41. The Balaban J connectivity index is 1.93. The Bertz CT molecular complexity index is 1050. The van der Waals surface area contributed by atoms with E-state index >= 15 is 0 Å². The van der Waals surface area contributed by atoms with Crippen molar-refractivity contribution in [3.8, 4) is 0 Å². The molecule has 2 aromatic rings. The highest BCUT2D eigenvalue weighted by Gasteiger charge is 2.27. The third-order valence-corrected chi connectivity index (χ3v) is 6.89. The van der Waals surface area contributed by atoms with Gasteiger partial charge in [-0.1, -0.05) is 23.7 Å². The largest absolute Gasteiger partial charge is 0.322 e. The van der Waals surface area contributed by atoms with Crippen molar-refractivity contribution in [1.29, 1.82) is 0 Å². The van der Waals surface area contributed by atoms with Crippen LogP contribution in [0.4, 0.5) is 10.1 Å². The first kappa shape index (κ1) is 21.3. The van der Waals surface area contributed by atoms with Crippen LogP contribution in [0.15, 0.2) is 59.1 Å². The number of hydrogen-bond donors (Lipinski definition) is 1. The molecule has 5 nitrogen and oxygen atoms in total. The summed E-state index contributed by atoms with van der Waals surface area (Å²) >= 11 is 5.90. The summed E-state index contributed by atoms with van der Waals surface area (Å²) in [6.07, 6.45) is 5.40. The number of halogens is 2. The average Bonchev–Trinajstić information content (AvgIpc) is 2.69. The van der Waals surface area contributed by atoms with Crippen molar-refractivity contribution in [2.45, 2.75) is 37.5 Å². The van der Waals surface area contributed by atoms with Gasteiger partial charge in [0.25, 0.3) is 15.9 Å². The van der Waals surface area contributed by atoms with Gasteiger partial charge in [0.05, 0.1) is 10.5 Å². The van der Waals surface area contributed by atoms with E-state index in [1.165, 1.54) is 16.4 Å². The fraction of sp³-hybridized carbons (Fsp3) is 0.286. The Hall–Kier alpha value is -2.38. The molecule has 8 heteroatoms. The summed E-state index contributed by atoms with van der Waals surface area (Å²) < 4.78 is 42.0. The maximum Gasteiger partial charge on any atom is 0.264 e. The molecule has 1 aliphatic rings. The molecule has 1 N–H and O–H groups in total. The van der Waals surface area contributed by atoms with Gasteiger partial charge in [-0.3, -0.25) is 9.10 Å². The van der Waals surface area contributed by atoms with Crippen molar-refractivity contribution >= 4 is 33.2 Å². The molecule has 0 radical (unpaired) electrons. The molecule has 0 fully saturated rings. The van der Waals surface area contributed by atoms with Crippen LogP contribution in [0.25, 0.3) is 0 Å². The summed E-state index contributed by atoms with van der Waals surface area (Å²) in [4.78, 5) is 12.4. The number of nitrogens with zero attached hydrogens (tertiary/aromatic N) is 1. The Labute approximate surface area is 175 Å². The number of carbonyl (C=O) groups excluding carboxylic acids is 1. The number of benzene rings is 2. The number of carbonyl (C=O) groups is 1. The van der Waals surface area contributed by atoms with Crippen LogP contribution in [-0.4, -0.2) is 25.2 Å². The number of amides is 1. The normalized spacial score (nSPS) is 14.2. The second-order valence-corrected chi connectivity index (χ2v) is 9.02. The van der Waals surface area contributed by atoms with Gasteiger partial charge in [0.15, 0.2) is 0 Å². The number of allylic oxidation sites excluding steroid dienone is 2. The lowest BCUT2D eigenvalue weighted by Crippen LogP contribution is -2.31. The van der Waals surface area contributed by atoms with Gasteiger partial charge in [-0.05, 0) is 69.0 Å². The zero-order valence-electron chi connectivity index (χ0n) is 16.0. The van der Waals surface area contributed by atoms with E-state index in [1.807, 2.05) is 6.08 Å². The highest BCUT2D eigenvalue weighted by atomic mass is 35.5. The summed E-state index contributed by atoms with van der Waals surface area (Å²) in [6.45, 7) is 2.01. The third-order valence-electron chi connectivity index (χ3n) is 4.73. The molecule has 0 saturated heterocycles. The number of rotatable bonds is 6. The molecule has 3 rings (SSSR count). The summed E-state index contributed by atoms with van der Waals surface area (Å²) in [7, 11) is -3.91. The minimum Gasteiger partial charge on any atom is -0.322 e. The molecule has 1 aliphatic carbocycles. The molecular formula is C21H22ClFN2O3S. The molecule has 29 heavy (non-hydrogen) atoms. The molecule has 0 aliphatic heterocycles. The lowest BCUT2D eigenvalue weighted by Gasteiger charge is -2.27. The van der Waals surface area contributed by atoms with Gasteiger partial charge in [0.2, 0.25) is 0 Å². The van der Waals surface area contributed by atoms with Crippen LogP contribution in [0.3, 0.4) is 0 Å². The van der Waals surface area contributed by atoms with Crippen molar-refractivity contribution in [3.63, 3.8) is 0 Å². The zero-order valence-corrected chi connectivity index (χ0v) is 17.6. The maximum absolute atomic E-state index is 14.3. The number of anilines is 1. The predicted molar refractivity (Wildman–Crippen MR) is 112 cm³/mol. The highest BCUT2D eigenvalue weighted by molar-refractivity contribution is 7.89. The lowest BCUT2D eigenvalue weighted by atomic mass is 10.1. The summed E-state index contributed by atoms with van der Waals surface area (Å²) in [5, 5.41) is 2.96. The van der Waals surface area contributed by atoms with Crippen LogP contribution in [0.1, 0.15) is 43.0 Å². The Morgan fingerprint density at radius 2 is 2.00 bits per heavy atom. The SMILES string of the molecule is CCN(C1=CCCCC1)S(=O)(=O)c1ccc(F)c(C(=O)Nc2cccc(Cl)c2)c1. The Kier molecular flexibility index (Phi) is 6.59. The number of nitrogens with one attached hydrogen (secondary N) is 1. The van der Waals surface area contributed by atoms with E-state index < -0.39 is 21.7 Å². The first-order valence-corrected chi connectivity index (χ1v) is 11.2. The predicted octanol–water partition coefficient (Wildman–Crippen LogP) is 5.20. The monoisotopic (exact) mass is 436 g/mol. The minimum absolute atomic E-state index is 0.122. The summed E-state index contributed by atoms with van der Waals surface area (Å²) in [5.41, 5.74) is 0.783. The molecule has 0 saturated carbocycles. The molecule has 2 aromatic carbocycles. The quantitative estimate of drug-likeness (QED) is 0.676. The standard InChI is InChI=1S/C21H22ClFN2O3S/c1-2-25(17-9-4-3-5-10-17)29(27,28)18-11-12-20(23)19(14-18)21(26)24-16-8-6-7-15(22)13-16/h6-9,11-14H,2-5,10H2,1H3,(H,24,26). The molecule has 154 valence electrons. The second kappa shape index (κ2) is 8.97. The van der Waals surface area contributed by atoms with Crippen LogP contribution < -0.4 is 5.32 Å². The van der Waals surface area contributed by atoms with Crippen molar-refractivity contribution in [2.24, 2.45) is 0 Å². The number of sulfonamides is 1. The van der Waals surface area contributed by atoms with Crippen LogP contribution >= 0.6 is 11.6 Å². The molecule has 1 amide bonds. The zero-order chi connectivity index (χ0) is 21.0. The fourth-order valence-corrected chi connectivity index (χ4v) is 5.07. The minimum atomic E-state index is -3.91. The van der Waals surface area contributed by atoms with Gasteiger partial charge < -0.3 is 5.32 Å². The van der Waals surface area contributed by atoms with Crippen molar-refractivity contribution in [1.82, 2.24) is 4.31 Å². The fourth-order valence-electron chi connectivity index (χ4n) is 3.31. The van der Waals surface area contributed by atoms with Gasteiger partial charge >= 0.3 is 0 Å². The van der Waals surface area contributed by atoms with Crippen LogP contribution in [0, 0.1) is 5.82 Å². The smallest absolute Gasteiger partial charge is 0.264 e.